The van der Waals surface area contributed by atoms with Crippen molar-refractivity contribution in [2.45, 2.75) is 40.2 Å². The number of aliphatic carboxylic acids is 1. The minimum absolute atomic E-state index is 0.0553. The van der Waals surface area contributed by atoms with Crippen molar-refractivity contribution >= 4 is 17.7 Å². The van der Waals surface area contributed by atoms with E-state index in [0.29, 0.717) is 0 Å². The van der Waals surface area contributed by atoms with Crippen molar-refractivity contribution in [3.8, 4) is 0 Å². The molecule has 110 valence electrons. The Morgan fingerprint density at radius 3 is 2.20 bits per heavy atom. The van der Waals surface area contributed by atoms with Crippen molar-refractivity contribution in [1.82, 2.24) is 4.90 Å². The molecule has 0 heterocycles. The number of hydrogen-bond donors (Lipinski definition) is 2. The maximum atomic E-state index is 12.2. The van der Waals surface area contributed by atoms with E-state index in [1.54, 1.807) is 0 Å². The molecule has 1 rings (SSSR count). The number of nitrogens with one attached hydrogen (secondary N) is 1. The largest absolute Gasteiger partial charge is 0.481 e. The van der Waals surface area contributed by atoms with Gasteiger partial charge in [0, 0.05) is 18.3 Å². The molecule has 1 aromatic carbocycles. The lowest BCUT2D eigenvalue weighted by Gasteiger charge is -2.26. The third-order valence-corrected chi connectivity index (χ3v) is 2.92. The highest BCUT2D eigenvalue weighted by Crippen LogP contribution is 2.15. The molecule has 1 aromatic rings. The molecular formula is C15H22N2O3. The molecule has 2 N–H and O–H groups in total. The van der Waals surface area contributed by atoms with Crippen LogP contribution < -0.4 is 5.32 Å². The summed E-state index contributed by atoms with van der Waals surface area (Å²) in [5.41, 5.74) is 2.87. The van der Waals surface area contributed by atoms with E-state index in [1.165, 1.54) is 4.90 Å². The lowest BCUT2D eigenvalue weighted by Crippen LogP contribution is -2.41. The van der Waals surface area contributed by atoms with Crippen LogP contribution >= 0.6 is 0 Å². The van der Waals surface area contributed by atoms with Crippen LogP contribution in [0.4, 0.5) is 10.5 Å². The predicted molar refractivity (Wildman–Crippen MR) is 79.0 cm³/mol. The van der Waals surface area contributed by atoms with Gasteiger partial charge in [0.2, 0.25) is 0 Å². The summed E-state index contributed by atoms with van der Waals surface area (Å²) in [6.07, 6.45) is -0.0571. The highest BCUT2D eigenvalue weighted by atomic mass is 16.4. The second-order valence-corrected chi connectivity index (χ2v) is 5.24. The molecule has 5 nitrogen and oxygen atoms in total. The van der Waals surface area contributed by atoms with Gasteiger partial charge in [0.15, 0.2) is 0 Å². The fourth-order valence-corrected chi connectivity index (χ4v) is 2.05. The summed E-state index contributed by atoms with van der Waals surface area (Å²) in [5.74, 6) is -0.908. The Kier molecular flexibility index (Phi) is 5.55. The Balaban J connectivity index is 2.77. The van der Waals surface area contributed by atoms with E-state index in [2.05, 4.69) is 5.32 Å². The Morgan fingerprint density at radius 2 is 1.75 bits per heavy atom. The van der Waals surface area contributed by atoms with Gasteiger partial charge in [-0.05, 0) is 51.0 Å². The maximum Gasteiger partial charge on any atom is 0.322 e. The van der Waals surface area contributed by atoms with Crippen LogP contribution in [0.5, 0.6) is 0 Å². The van der Waals surface area contributed by atoms with Gasteiger partial charge in [-0.25, -0.2) is 4.79 Å². The number of carboxylic acid groups (broad SMARTS) is 1. The summed E-state index contributed by atoms with van der Waals surface area (Å²) in [6.45, 7) is 7.86. The first-order chi connectivity index (χ1) is 9.29. The van der Waals surface area contributed by atoms with Gasteiger partial charge in [0.05, 0.1) is 6.42 Å². The average molecular weight is 278 g/mol. The fraction of sp³-hybridized carbons (Fsp3) is 0.467. The van der Waals surface area contributed by atoms with Gasteiger partial charge < -0.3 is 15.3 Å². The zero-order valence-electron chi connectivity index (χ0n) is 12.4. The molecule has 20 heavy (non-hydrogen) atoms. The summed E-state index contributed by atoms with van der Waals surface area (Å²) >= 11 is 0. The number of anilines is 1. The van der Waals surface area contributed by atoms with Crippen LogP contribution in [0.2, 0.25) is 0 Å². The zero-order chi connectivity index (χ0) is 15.3. The molecule has 2 amide bonds. The first-order valence-corrected chi connectivity index (χ1v) is 6.67. The molecule has 0 atom stereocenters. The molecule has 0 bridgehead atoms. The van der Waals surface area contributed by atoms with Crippen LogP contribution in [0.25, 0.3) is 0 Å². The van der Waals surface area contributed by atoms with Gasteiger partial charge in [-0.2, -0.15) is 0 Å². The molecular weight excluding hydrogens is 256 g/mol. The van der Waals surface area contributed by atoms with Gasteiger partial charge in [-0.1, -0.05) is 6.07 Å². The predicted octanol–water partition coefficient (Wildman–Crippen LogP) is 3.02. The molecule has 0 saturated heterocycles. The van der Waals surface area contributed by atoms with Crippen molar-refractivity contribution < 1.29 is 14.7 Å². The number of carbonyl (C=O) groups excluding carboxylic acids is 1. The fourth-order valence-electron chi connectivity index (χ4n) is 2.05. The van der Waals surface area contributed by atoms with Gasteiger partial charge in [0.25, 0.3) is 0 Å². The van der Waals surface area contributed by atoms with Crippen LogP contribution in [0.1, 0.15) is 31.4 Å². The number of urea groups is 1. The van der Waals surface area contributed by atoms with Crippen molar-refractivity contribution in [3.63, 3.8) is 0 Å². The summed E-state index contributed by atoms with van der Waals surface area (Å²) in [7, 11) is 0. The lowest BCUT2D eigenvalue weighted by molar-refractivity contribution is -0.137. The van der Waals surface area contributed by atoms with Crippen LogP contribution in [0.3, 0.4) is 0 Å². The molecule has 0 aliphatic heterocycles. The minimum atomic E-state index is -0.908. The van der Waals surface area contributed by atoms with Gasteiger partial charge in [-0.15, -0.1) is 0 Å². The molecule has 0 fully saturated rings. The third kappa shape index (κ3) is 4.91. The van der Waals surface area contributed by atoms with E-state index in [9.17, 15) is 9.59 Å². The Hall–Kier alpha value is -2.04. The number of rotatable bonds is 5. The molecule has 0 unspecified atom stereocenters. The highest BCUT2D eigenvalue weighted by Gasteiger charge is 2.18. The molecule has 0 saturated carbocycles. The van der Waals surface area contributed by atoms with Crippen LogP contribution in [0.15, 0.2) is 18.2 Å². The smallest absolute Gasteiger partial charge is 0.322 e. The molecule has 5 heteroatoms. The monoisotopic (exact) mass is 278 g/mol. The molecule has 0 spiro atoms. The molecule has 0 radical (unpaired) electrons. The Bertz CT molecular complexity index is 478. The van der Waals surface area contributed by atoms with E-state index in [-0.39, 0.29) is 25.0 Å². The number of nitrogens with zero attached hydrogens (tertiary/aromatic N) is 1. The van der Waals surface area contributed by atoms with Crippen molar-refractivity contribution in [2.75, 3.05) is 11.9 Å². The van der Waals surface area contributed by atoms with Gasteiger partial charge in [-0.3, -0.25) is 4.79 Å². The SMILES string of the molecule is Cc1cc(C)cc(NC(=O)N(CCC(=O)O)C(C)C)c1. The van der Waals surface area contributed by atoms with Crippen LogP contribution in [0, 0.1) is 13.8 Å². The summed E-state index contributed by atoms with van der Waals surface area (Å²) in [6, 6.07) is 5.48. The number of amides is 2. The van der Waals surface area contributed by atoms with E-state index in [1.807, 2.05) is 45.9 Å². The number of carboxylic acids is 1. The number of benzene rings is 1. The second kappa shape index (κ2) is 6.93. The standard InChI is InChI=1S/C15H22N2O3/c1-10(2)17(6-5-14(18)19)15(20)16-13-8-11(3)7-12(4)9-13/h7-10H,5-6H2,1-4H3,(H,16,20)(H,18,19). The van der Waals surface area contributed by atoms with Gasteiger partial charge in [0.1, 0.15) is 0 Å². The Morgan fingerprint density at radius 1 is 1.20 bits per heavy atom. The van der Waals surface area contributed by atoms with Crippen molar-refractivity contribution in [2.24, 2.45) is 0 Å². The summed E-state index contributed by atoms with van der Waals surface area (Å²) < 4.78 is 0. The number of carbonyl (C=O) groups is 2. The normalized spacial score (nSPS) is 10.4. The summed E-state index contributed by atoms with van der Waals surface area (Å²) in [4.78, 5) is 24.4. The van der Waals surface area contributed by atoms with Crippen molar-refractivity contribution in [1.29, 1.82) is 0 Å². The zero-order valence-corrected chi connectivity index (χ0v) is 12.4. The minimum Gasteiger partial charge on any atom is -0.481 e. The van der Waals surface area contributed by atoms with E-state index < -0.39 is 5.97 Å². The second-order valence-electron chi connectivity index (χ2n) is 5.24. The third-order valence-electron chi connectivity index (χ3n) is 2.92. The molecule has 0 aromatic heterocycles. The first kappa shape index (κ1) is 16.0. The quantitative estimate of drug-likeness (QED) is 0.869. The van der Waals surface area contributed by atoms with E-state index >= 15 is 0 Å². The number of aryl methyl sites for hydroxylation is 2. The summed E-state index contributed by atoms with van der Waals surface area (Å²) in [5, 5.41) is 11.6. The highest BCUT2D eigenvalue weighted by molar-refractivity contribution is 5.90. The van der Waals surface area contributed by atoms with E-state index in [0.717, 1.165) is 16.8 Å². The van der Waals surface area contributed by atoms with Crippen LogP contribution in [-0.4, -0.2) is 34.6 Å². The lowest BCUT2D eigenvalue weighted by atomic mass is 10.1. The van der Waals surface area contributed by atoms with Gasteiger partial charge >= 0.3 is 12.0 Å². The van der Waals surface area contributed by atoms with E-state index in [4.69, 9.17) is 5.11 Å². The molecule has 0 aliphatic carbocycles. The topological polar surface area (TPSA) is 69.6 Å². The maximum absolute atomic E-state index is 12.2. The number of hydrogen-bond acceptors (Lipinski definition) is 2. The average Bonchev–Trinajstić information content (AvgIpc) is 2.26. The van der Waals surface area contributed by atoms with Crippen LogP contribution in [-0.2, 0) is 4.79 Å². The first-order valence-electron chi connectivity index (χ1n) is 6.67. The molecule has 0 aliphatic rings. The Labute approximate surface area is 119 Å². The van der Waals surface area contributed by atoms with Crippen molar-refractivity contribution in [3.05, 3.63) is 29.3 Å².